The van der Waals surface area contributed by atoms with E-state index in [-0.39, 0.29) is 17.9 Å². The van der Waals surface area contributed by atoms with Crippen LogP contribution in [0.15, 0.2) is 18.2 Å². The summed E-state index contributed by atoms with van der Waals surface area (Å²) in [5.74, 6) is 0.760. The van der Waals surface area contributed by atoms with Crippen LogP contribution in [0.25, 0.3) is 0 Å². The molecule has 2 atom stereocenters. The number of nitrogens with one attached hydrogen (secondary N) is 1. The molecule has 4 heteroatoms. The highest BCUT2D eigenvalue weighted by Gasteiger charge is 2.18. The van der Waals surface area contributed by atoms with Gasteiger partial charge in [-0.15, -0.1) is 0 Å². The molecule has 0 aliphatic heterocycles. The van der Waals surface area contributed by atoms with Crippen molar-refractivity contribution < 1.29 is 4.79 Å². The number of anilines is 1. The van der Waals surface area contributed by atoms with Gasteiger partial charge in [-0.3, -0.25) is 4.79 Å². The Morgan fingerprint density at radius 1 is 1.30 bits per heavy atom. The van der Waals surface area contributed by atoms with E-state index in [9.17, 15) is 4.79 Å². The van der Waals surface area contributed by atoms with E-state index < -0.39 is 0 Å². The lowest BCUT2D eigenvalue weighted by Crippen LogP contribution is -2.34. The van der Waals surface area contributed by atoms with E-state index in [0.29, 0.717) is 5.25 Å². The van der Waals surface area contributed by atoms with Gasteiger partial charge in [-0.25, -0.2) is 0 Å². The third-order valence-electron chi connectivity index (χ3n) is 3.48. The summed E-state index contributed by atoms with van der Waals surface area (Å²) < 4.78 is 0. The monoisotopic (exact) mass is 294 g/mol. The molecule has 3 nitrogen and oxygen atoms in total. The molecule has 0 fully saturated rings. The lowest BCUT2D eigenvalue weighted by molar-refractivity contribution is -0.119. The quantitative estimate of drug-likeness (QED) is 0.843. The van der Waals surface area contributed by atoms with Crippen molar-refractivity contribution in [1.82, 2.24) is 0 Å². The molecule has 2 unspecified atom stereocenters. The number of amides is 1. The van der Waals surface area contributed by atoms with Gasteiger partial charge in [0.1, 0.15) is 0 Å². The first kappa shape index (κ1) is 17.1. The zero-order chi connectivity index (χ0) is 15.3. The van der Waals surface area contributed by atoms with Gasteiger partial charge in [0, 0.05) is 17.5 Å². The predicted octanol–water partition coefficient (Wildman–Crippen LogP) is 3.56. The van der Waals surface area contributed by atoms with Gasteiger partial charge in [0.25, 0.3) is 0 Å². The molecular weight excluding hydrogens is 268 g/mol. The largest absolute Gasteiger partial charge is 0.327 e. The standard InChI is InChI=1S/C16H26N2OS/c1-10(2)20-9-14-7-6-8-15(12(14)4)18-16(19)11(3)13(5)17/h6-8,10-11,13H,9,17H2,1-5H3,(H,18,19). The number of benzene rings is 1. The molecule has 1 amide bonds. The molecule has 3 N–H and O–H groups in total. The molecule has 0 saturated heterocycles. The zero-order valence-electron chi connectivity index (χ0n) is 13.1. The average molecular weight is 294 g/mol. The van der Waals surface area contributed by atoms with Gasteiger partial charge in [0.2, 0.25) is 5.91 Å². The normalized spacial score (nSPS) is 14.2. The summed E-state index contributed by atoms with van der Waals surface area (Å²) in [5, 5.41) is 3.59. The summed E-state index contributed by atoms with van der Waals surface area (Å²) in [7, 11) is 0. The third-order valence-corrected chi connectivity index (χ3v) is 4.62. The van der Waals surface area contributed by atoms with Crippen LogP contribution >= 0.6 is 11.8 Å². The first-order chi connectivity index (χ1) is 9.32. The van der Waals surface area contributed by atoms with Crippen molar-refractivity contribution in [2.75, 3.05) is 5.32 Å². The minimum absolute atomic E-state index is 0.0169. The second-order valence-corrected chi connectivity index (χ2v) is 7.15. The first-order valence-electron chi connectivity index (χ1n) is 7.09. The lowest BCUT2D eigenvalue weighted by atomic mass is 10.0. The molecule has 0 bridgehead atoms. The molecule has 0 saturated carbocycles. The highest BCUT2D eigenvalue weighted by Crippen LogP contribution is 2.25. The SMILES string of the molecule is Cc1c(CSC(C)C)cccc1NC(=O)C(C)C(C)N. The maximum atomic E-state index is 12.1. The molecule has 20 heavy (non-hydrogen) atoms. The zero-order valence-corrected chi connectivity index (χ0v) is 13.9. The van der Waals surface area contributed by atoms with E-state index in [1.807, 2.05) is 37.7 Å². The smallest absolute Gasteiger partial charge is 0.228 e. The van der Waals surface area contributed by atoms with Crippen molar-refractivity contribution in [1.29, 1.82) is 0 Å². The number of nitrogens with two attached hydrogens (primary N) is 1. The maximum Gasteiger partial charge on any atom is 0.228 e. The fraction of sp³-hybridized carbons (Fsp3) is 0.562. The number of thioether (sulfide) groups is 1. The number of rotatable bonds is 6. The fourth-order valence-corrected chi connectivity index (χ4v) is 2.54. The first-order valence-corrected chi connectivity index (χ1v) is 8.14. The van der Waals surface area contributed by atoms with E-state index in [0.717, 1.165) is 17.0 Å². The lowest BCUT2D eigenvalue weighted by Gasteiger charge is -2.18. The van der Waals surface area contributed by atoms with Crippen molar-refractivity contribution in [2.24, 2.45) is 11.7 Å². The molecule has 112 valence electrons. The summed E-state index contributed by atoms with van der Waals surface area (Å²) in [6.07, 6.45) is 0. The van der Waals surface area contributed by atoms with Crippen molar-refractivity contribution in [3.05, 3.63) is 29.3 Å². The second kappa shape index (κ2) is 7.70. The van der Waals surface area contributed by atoms with Crippen molar-refractivity contribution in [3.8, 4) is 0 Å². The van der Waals surface area contributed by atoms with E-state index >= 15 is 0 Å². The van der Waals surface area contributed by atoms with Crippen LogP contribution in [0.3, 0.4) is 0 Å². The maximum absolute atomic E-state index is 12.1. The molecule has 0 aliphatic rings. The Hall–Kier alpha value is -1.00. The minimum Gasteiger partial charge on any atom is -0.327 e. The molecule has 0 aromatic heterocycles. The molecule has 1 rings (SSSR count). The highest BCUT2D eigenvalue weighted by molar-refractivity contribution is 7.99. The van der Waals surface area contributed by atoms with E-state index in [2.05, 4.69) is 32.2 Å². The highest BCUT2D eigenvalue weighted by atomic mass is 32.2. The molecule has 0 heterocycles. The molecule has 1 aromatic carbocycles. The van der Waals surface area contributed by atoms with E-state index in [1.165, 1.54) is 5.56 Å². The average Bonchev–Trinajstić information content (AvgIpc) is 2.38. The van der Waals surface area contributed by atoms with Gasteiger partial charge in [-0.05, 0) is 36.3 Å². The number of carbonyl (C=O) groups excluding carboxylic acids is 1. The molecule has 0 aliphatic carbocycles. The van der Waals surface area contributed by atoms with Crippen molar-refractivity contribution in [3.63, 3.8) is 0 Å². The van der Waals surface area contributed by atoms with Gasteiger partial charge < -0.3 is 11.1 Å². The number of hydrogen-bond acceptors (Lipinski definition) is 3. The Morgan fingerprint density at radius 2 is 1.95 bits per heavy atom. The summed E-state index contributed by atoms with van der Waals surface area (Å²) in [4.78, 5) is 12.1. The Labute approximate surface area is 126 Å². The number of carbonyl (C=O) groups is 1. The minimum atomic E-state index is -0.192. The Balaban J connectivity index is 2.81. The van der Waals surface area contributed by atoms with E-state index in [4.69, 9.17) is 5.73 Å². The van der Waals surface area contributed by atoms with Crippen molar-refractivity contribution >= 4 is 23.4 Å². The molecule has 1 aromatic rings. The fourth-order valence-electron chi connectivity index (χ4n) is 1.72. The van der Waals surface area contributed by atoms with Crippen LogP contribution in [0.2, 0.25) is 0 Å². The van der Waals surface area contributed by atoms with Gasteiger partial charge in [0.05, 0.1) is 5.92 Å². The van der Waals surface area contributed by atoms with Crippen LogP contribution in [-0.2, 0) is 10.5 Å². The summed E-state index contributed by atoms with van der Waals surface area (Å²) >= 11 is 1.90. The van der Waals surface area contributed by atoms with Crippen LogP contribution in [0.4, 0.5) is 5.69 Å². The van der Waals surface area contributed by atoms with Gasteiger partial charge >= 0.3 is 0 Å². The van der Waals surface area contributed by atoms with Gasteiger partial charge in [-0.2, -0.15) is 11.8 Å². The van der Waals surface area contributed by atoms with Gasteiger partial charge in [0.15, 0.2) is 0 Å². The van der Waals surface area contributed by atoms with Crippen LogP contribution in [0.1, 0.15) is 38.8 Å². The van der Waals surface area contributed by atoms with Crippen LogP contribution in [0.5, 0.6) is 0 Å². The van der Waals surface area contributed by atoms with E-state index in [1.54, 1.807) is 0 Å². The van der Waals surface area contributed by atoms with Gasteiger partial charge in [-0.1, -0.05) is 32.9 Å². The van der Waals surface area contributed by atoms with Crippen LogP contribution in [-0.4, -0.2) is 17.2 Å². The Kier molecular flexibility index (Phi) is 6.56. The second-order valence-electron chi connectivity index (χ2n) is 5.59. The Bertz CT molecular complexity index is 458. The third kappa shape index (κ3) is 4.84. The number of hydrogen-bond donors (Lipinski definition) is 2. The molecule has 0 spiro atoms. The summed E-state index contributed by atoms with van der Waals surface area (Å²) in [5.41, 5.74) is 9.09. The Morgan fingerprint density at radius 3 is 2.50 bits per heavy atom. The van der Waals surface area contributed by atoms with Crippen LogP contribution < -0.4 is 11.1 Å². The topological polar surface area (TPSA) is 55.1 Å². The summed E-state index contributed by atoms with van der Waals surface area (Å²) in [6.45, 7) is 10.1. The molecular formula is C16H26N2OS. The van der Waals surface area contributed by atoms with Crippen molar-refractivity contribution in [2.45, 2.75) is 51.7 Å². The van der Waals surface area contributed by atoms with Crippen LogP contribution in [0, 0.1) is 12.8 Å². The summed E-state index contributed by atoms with van der Waals surface area (Å²) in [6, 6.07) is 5.92. The predicted molar refractivity (Wildman–Crippen MR) is 89.1 cm³/mol. The molecule has 0 radical (unpaired) electrons.